The molecular weight excluding hydrogens is 274 g/mol. The minimum absolute atomic E-state index is 0.00248. The van der Waals surface area contributed by atoms with Gasteiger partial charge in [-0.2, -0.15) is 0 Å². The largest absolute Gasteiger partial charge is 0.359 e. The summed E-state index contributed by atoms with van der Waals surface area (Å²) in [5.41, 5.74) is 1.70. The van der Waals surface area contributed by atoms with Crippen molar-refractivity contribution in [2.75, 3.05) is 4.90 Å². The number of ether oxygens (including phenoxy) is 1. The van der Waals surface area contributed by atoms with Crippen LogP contribution in [0.2, 0.25) is 0 Å². The van der Waals surface area contributed by atoms with Crippen LogP contribution >= 0.6 is 0 Å². The van der Waals surface area contributed by atoms with Crippen molar-refractivity contribution in [1.82, 2.24) is 0 Å². The van der Waals surface area contributed by atoms with Crippen molar-refractivity contribution in [2.45, 2.75) is 33.0 Å². The molecule has 1 aliphatic rings. The Bertz CT molecular complexity index is 607. The molecule has 0 aromatic heterocycles. The summed E-state index contributed by atoms with van der Waals surface area (Å²) in [6, 6.07) is 19.4. The topological polar surface area (TPSA) is 32.8 Å². The third-order valence-corrected chi connectivity index (χ3v) is 3.84. The van der Waals surface area contributed by atoms with E-state index < -0.39 is 0 Å². The van der Waals surface area contributed by atoms with Crippen LogP contribution < -0.4 is 4.90 Å². The number of hydrogen-bond acceptors (Lipinski definition) is 2. The van der Waals surface area contributed by atoms with Gasteiger partial charge in [-0.15, -0.1) is 0 Å². The van der Waals surface area contributed by atoms with Crippen LogP contribution in [0.3, 0.4) is 0 Å². The van der Waals surface area contributed by atoms with Crippen molar-refractivity contribution in [3.63, 3.8) is 0 Å². The number of amides is 1. The van der Waals surface area contributed by atoms with E-state index in [4.69, 9.17) is 4.74 Å². The second-order valence-corrected chi connectivity index (χ2v) is 6.69. The van der Waals surface area contributed by atoms with Gasteiger partial charge in [-0.05, 0) is 29.7 Å². The van der Waals surface area contributed by atoms with Gasteiger partial charge in [-0.25, -0.2) is 0 Å². The molecule has 0 N–H and O–H groups in total. The predicted octanol–water partition coefficient (Wildman–Crippen LogP) is 4.16. The molecule has 2 aromatic rings. The van der Waals surface area contributed by atoms with E-state index >= 15 is 0 Å². The molecule has 3 nitrogen and oxygen atoms in total. The lowest BCUT2D eigenvalue weighted by molar-refractivity contribution is -0.119. The fourth-order valence-electron chi connectivity index (χ4n) is 2.64. The molecule has 1 aliphatic heterocycles. The van der Waals surface area contributed by atoms with E-state index in [-0.39, 0.29) is 23.5 Å². The fourth-order valence-corrected chi connectivity index (χ4v) is 2.64. The van der Waals surface area contributed by atoms with Crippen molar-refractivity contribution >= 4 is 17.3 Å². The highest BCUT2D eigenvalue weighted by molar-refractivity contribution is 6.04. The lowest BCUT2D eigenvalue weighted by Crippen LogP contribution is -2.33. The molecule has 3 rings (SSSR count). The summed E-state index contributed by atoms with van der Waals surface area (Å²) in [5, 5.41) is 0. The fraction of sp³-hybridized carbons (Fsp3) is 0.316. The second-order valence-electron chi connectivity index (χ2n) is 6.69. The van der Waals surface area contributed by atoms with Gasteiger partial charge in [0.2, 0.25) is 0 Å². The van der Waals surface area contributed by atoms with Crippen molar-refractivity contribution in [1.29, 1.82) is 0 Å². The predicted molar refractivity (Wildman–Crippen MR) is 88.1 cm³/mol. The highest BCUT2D eigenvalue weighted by atomic mass is 16.6. The molecule has 1 heterocycles. The molecule has 0 bridgehead atoms. The number of rotatable bonds is 3. The van der Waals surface area contributed by atoms with Crippen LogP contribution in [0.15, 0.2) is 60.7 Å². The molecule has 0 spiro atoms. The van der Waals surface area contributed by atoms with Crippen LogP contribution in [0.4, 0.5) is 11.4 Å². The van der Waals surface area contributed by atoms with Crippen molar-refractivity contribution in [2.24, 2.45) is 5.41 Å². The van der Waals surface area contributed by atoms with Crippen LogP contribution in [0.25, 0.3) is 0 Å². The van der Waals surface area contributed by atoms with Gasteiger partial charge in [0.05, 0.1) is 6.10 Å². The molecule has 1 amide bonds. The van der Waals surface area contributed by atoms with E-state index in [2.05, 4.69) is 20.8 Å². The molecule has 0 saturated carbocycles. The molecule has 2 aromatic carbocycles. The van der Waals surface area contributed by atoms with E-state index in [1.54, 1.807) is 4.90 Å². The molecule has 114 valence electrons. The van der Waals surface area contributed by atoms with Gasteiger partial charge in [-0.3, -0.25) is 9.69 Å². The van der Waals surface area contributed by atoms with Gasteiger partial charge in [0, 0.05) is 11.4 Å². The maximum Gasteiger partial charge on any atom is 0.263 e. The summed E-state index contributed by atoms with van der Waals surface area (Å²) in [4.78, 5) is 14.7. The van der Waals surface area contributed by atoms with Gasteiger partial charge < -0.3 is 4.74 Å². The number of para-hydroxylation sites is 2. The smallest absolute Gasteiger partial charge is 0.263 e. The zero-order valence-electron chi connectivity index (χ0n) is 13.2. The van der Waals surface area contributed by atoms with Gasteiger partial charge in [-0.1, -0.05) is 57.2 Å². The first-order chi connectivity index (χ1) is 10.5. The van der Waals surface area contributed by atoms with Crippen LogP contribution in [0, 0.1) is 5.41 Å². The van der Waals surface area contributed by atoms with E-state index in [0.717, 1.165) is 11.4 Å². The minimum Gasteiger partial charge on any atom is -0.359 e. The lowest BCUT2D eigenvalue weighted by atomic mass is 9.90. The number of epoxide rings is 1. The van der Waals surface area contributed by atoms with Crippen LogP contribution in [0.1, 0.15) is 20.8 Å². The third-order valence-electron chi connectivity index (χ3n) is 3.84. The van der Waals surface area contributed by atoms with Crippen LogP contribution in [0.5, 0.6) is 0 Å². The lowest BCUT2D eigenvalue weighted by Gasteiger charge is -2.23. The molecule has 0 aliphatic carbocycles. The molecule has 0 unspecified atom stereocenters. The normalized spacial score (nSPS) is 20.5. The molecule has 2 atom stereocenters. The minimum atomic E-state index is -0.361. The summed E-state index contributed by atoms with van der Waals surface area (Å²) >= 11 is 0. The molecule has 22 heavy (non-hydrogen) atoms. The standard InChI is InChI=1S/C19H21NO2/c1-19(2,3)17-16(22-17)18(21)20(14-10-6-4-7-11-14)15-12-8-5-9-13-15/h4-13,16-17H,1-3H3/t16-,17-/m0/s1. The Hall–Kier alpha value is -2.13. The summed E-state index contributed by atoms with van der Waals surface area (Å²) in [6.07, 6.45) is -0.379. The number of carbonyl (C=O) groups excluding carboxylic acids is 1. The van der Waals surface area contributed by atoms with E-state index in [9.17, 15) is 4.79 Å². The zero-order chi connectivity index (χ0) is 15.7. The average molecular weight is 295 g/mol. The molecule has 0 radical (unpaired) electrons. The van der Waals surface area contributed by atoms with E-state index in [1.165, 1.54) is 0 Å². The Kier molecular flexibility index (Phi) is 3.75. The van der Waals surface area contributed by atoms with Crippen LogP contribution in [-0.4, -0.2) is 18.1 Å². The van der Waals surface area contributed by atoms with Gasteiger partial charge in [0.1, 0.15) is 0 Å². The Morgan fingerprint density at radius 3 is 1.73 bits per heavy atom. The number of anilines is 2. The monoisotopic (exact) mass is 295 g/mol. The highest BCUT2D eigenvalue weighted by Crippen LogP contribution is 2.40. The summed E-state index contributed by atoms with van der Waals surface area (Å²) in [5.74, 6) is -0.00248. The average Bonchev–Trinajstić information content (AvgIpc) is 3.30. The molecule has 3 heteroatoms. The second kappa shape index (κ2) is 5.58. The summed E-state index contributed by atoms with van der Waals surface area (Å²) < 4.78 is 5.68. The first-order valence-corrected chi connectivity index (χ1v) is 7.58. The van der Waals surface area contributed by atoms with Gasteiger partial charge in [0.15, 0.2) is 6.10 Å². The molecule has 1 saturated heterocycles. The first-order valence-electron chi connectivity index (χ1n) is 7.58. The highest BCUT2D eigenvalue weighted by Gasteiger charge is 2.53. The zero-order valence-corrected chi connectivity index (χ0v) is 13.2. The summed E-state index contributed by atoms with van der Waals surface area (Å²) in [7, 11) is 0. The third kappa shape index (κ3) is 2.90. The van der Waals surface area contributed by atoms with Gasteiger partial charge >= 0.3 is 0 Å². The molecular formula is C19H21NO2. The maximum atomic E-state index is 13.0. The van der Waals surface area contributed by atoms with E-state index in [1.807, 2.05) is 60.7 Å². The number of carbonyl (C=O) groups is 1. The Morgan fingerprint density at radius 2 is 1.36 bits per heavy atom. The Morgan fingerprint density at radius 1 is 0.909 bits per heavy atom. The van der Waals surface area contributed by atoms with E-state index in [0.29, 0.717) is 0 Å². The summed E-state index contributed by atoms with van der Waals surface area (Å²) in [6.45, 7) is 6.29. The maximum absolute atomic E-state index is 13.0. The molecule has 1 fully saturated rings. The van der Waals surface area contributed by atoms with Crippen molar-refractivity contribution in [3.05, 3.63) is 60.7 Å². The number of benzene rings is 2. The Labute approximate surface area is 131 Å². The number of hydrogen-bond donors (Lipinski definition) is 0. The van der Waals surface area contributed by atoms with Gasteiger partial charge in [0.25, 0.3) is 5.91 Å². The van der Waals surface area contributed by atoms with Crippen molar-refractivity contribution < 1.29 is 9.53 Å². The number of nitrogens with zero attached hydrogens (tertiary/aromatic N) is 1. The van der Waals surface area contributed by atoms with Crippen molar-refractivity contribution in [3.8, 4) is 0 Å². The quantitative estimate of drug-likeness (QED) is 0.796. The first kappa shape index (κ1) is 14.8. The SMILES string of the molecule is CC(C)(C)[C@H]1O[C@@H]1C(=O)N(c1ccccc1)c1ccccc1. The Balaban J connectivity index is 1.92. The van der Waals surface area contributed by atoms with Crippen LogP contribution in [-0.2, 0) is 9.53 Å².